The molecule has 156 valence electrons. The Morgan fingerprint density at radius 1 is 0.774 bits per heavy atom. The van der Waals surface area contributed by atoms with Gasteiger partial charge in [-0.15, -0.1) is 5.10 Å². The second kappa shape index (κ2) is 11.2. The first-order chi connectivity index (χ1) is 15.3. The average Bonchev–Trinajstić information content (AvgIpc) is 3.25. The predicted molar refractivity (Wildman–Crippen MR) is 136 cm³/mol. The van der Waals surface area contributed by atoms with Gasteiger partial charge in [-0.3, -0.25) is 0 Å². The molecular formula is C24H22N4S3. The molecule has 0 atom stereocenters. The smallest absolute Gasteiger partial charge is 0.197 e. The minimum atomic E-state index is 0.603. The average molecular weight is 463 g/mol. The number of para-hydroxylation sites is 1. The van der Waals surface area contributed by atoms with E-state index in [4.69, 9.17) is 4.99 Å². The Labute approximate surface area is 195 Å². The molecule has 0 aliphatic rings. The summed E-state index contributed by atoms with van der Waals surface area (Å²) in [6.07, 6.45) is 1.98. The highest BCUT2D eigenvalue weighted by molar-refractivity contribution is 8.38. The van der Waals surface area contributed by atoms with Crippen molar-refractivity contribution in [2.24, 2.45) is 4.99 Å². The lowest BCUT2D eigenvalue weighted by atomic mass is 10.2. The van der Waals surface area contributed by atoms with Crippen LogP contribution >= 0.6 is 35.3 Å². The number of aromatic nitrogens is 3. The largest absolute Gasteiger partial charge is 0.255 e. The van der Waals surface area contributed by atoms with Crippen molar-refractivity contribution in [1.82, 2.24) is 14.8 Å². The van der Waals surface area contributed by atoms with Crippen LogP contribution in [0.15, 0.2) is 101 Å². The standard InChI is InChI=1S/C24H22N4S3/c1-29-23-25-22(28(27-23)21-15-9-4-10-16-21)26-24(30-17-19-11-5-2-6-12-19)31-18-20-13-7-3-8-14-20/h2-16H,17-18H2,1H3. The first-order valence-corrected chi connectivity index (χ1v) is 13.0. The Morgan fingerprint density at radius 3 is 1.81 bits per heavy atom. The molecule has 0 N–H and O–H groups in total. The maximum atomic E-state index is 4.95. The van der Waals surface area contributed by atoms with E-state index in [2.05, 4.69) is 58.6 Å². The van der Waals surface area contributed by atoms with Gasteiger partial charge in [0.15, 0.2) is 0 Å². The molecule has 1 aromatic heterocycles. The van der Waals surface area contributed by atoms with Crippen molar-refractivity contribution in [3.05, 3.63) is 102 Å². The van der Waals surface area contributed by atoms with Crippen LogP contribution in [-0.4, -0.2) is 25.4 Å². The van der Waals surface area contributed by atoms with Crippen molar-refractivity contribution < 1.29 is 0 Å². The first-order valence-electron chi connectivity index (χ1n) is 9.80. The maximum Gasteiger partial charge on any atom is 0.255 e. The Bertz CT molecular complexity index is 1070. The van der Waals surface area contributed by atoms with Crippen molar-refractivity contribution in [3.8, 4) is 5.69 Å². The minimum Gasteiger partial charge on any atom is -0.197 e. The van der Waals surface area contributed by atoms with Gasteiger partial charge in [0.25, 0.3) is 5.95 Å². The number of hydrogen-bond donors (Lipinski definition) is 0. The van der Waals surface area contributed by atoms with Gasteiger partial charge < -0.3 is 0 Å². The summed E-state index contributed by atoms with van der Waals surface area (Å²) in [6.45, 7) is 0. The first kappa shape index (κ1) is 21.7. The van der Waals surface area contributed by atoms with Gasteiger partial charge in [-0.25, -0.2) is 0 Å². The van der Waals surface area contributed by atoms with Crippen LogP contribution < -0.4 is 0 Å². The van der Waals surface area contributed by atoms with Gasteiger partial charge in [0.2, 0.25) is 5.16 Å². The lowest BCUT2D eigenvalue weighted by Crippen LogP contribution is -1.97. The summed E-state index contributed by atoms with van der Waals surface area (Å²) < 4.78 is 2.79. The molecule has 0 bridgehead atoms. The molecule has 4 rings (SSSR count). The van der Waals surface area contributed by atoms with Gasteiger partial charge >= 0.3 is 0 Å². The molecule has 0 radical (unpaired) electrons. The molecule has 3 aromatic carbocycles. The van der Waals surface area contributed by atoms with E-state index in [-0.39, 0.29) is 0 Å². The van der Waals surface area contributed by atoms with Gasteiger partial charge in [0.05, 0.1) is 5.69 Å². The highest BCUT2D eigenvalue weighted by atomic mass is 32.2. The van der Waals surface area contributed by atoms with Crippen LogP contribution in [-0.2, 0) is 11.5 Å². The summed E-state index contributed by atoms with van der Waals surface area (Å²) in [7, 11) is 0. The molecular weight excluding hydrogens is 440 g/mol. The van der Waals surface area contributed by atoms with Gasteiger partial charge in [-0.05, 0) is 29.5 Å². The zero-order chi connectivity index (χ0) is 21.3. The van der Waals surface area contributed by atoms with Crippen LogP contribution in [0.3, 0.4) is 0 Å². The molecule has 0 saturated heterocycles. The Balaban J connectivity index is 1.62. The molecule has 0 amide bonds. The van der Waals surface area contributed by atoms with Crippen LogP contribution in [0.5, 0.6) is 0 Å². The number of rotatable bonds is 7. The van der Waals surface area contributed by atoms with Crippen LogP contribution in [0.25, 0.3) is 5.69 Å². The van der Waals surface area contributed by atoms with Gasteiger partial charge in [-0.2, -0.15) is 14.7 Å². The molecule has 0 unspecified atom stereocenters. The fraction of sp³-hybridized carbons (Fsp3) is 0.125. The molecule has 0 saturated carbocycles. The van der Waals surface area contributed by atoms with Crippen LogP contribution in [0, 0.1) is 0 Å². The minimum absolute atomic E-state index is 0.603. The highest BCUT2D eigenvalue weighted by Gasteiger charge is 2.13. The van der Waals surface area contributed by atoms with Gasteiger partial charge in [-0.1, -0.05) is 114 Å². The zero-order valence-corrected chi connectivity index (χ0v) is 19.5. The molecule has 31 heavy (non-hydrogen) atoms. The van der Waals surface area contributed by atoms with Crippen molar-refractivity contribution in [2.45, 2.75) is 16.7 Å². The number of nitrogens with zero attached hydrogens (tertiary/aromatic N) is 4. The number of thioether (sulfide) groups is 3. The summed E-state index contributed by atoms with van der Waals surface area (Å²) in [4.78, 5) is 9.61. The summed E-state index contributed by atoms with van der Waals surface area (Å²) >= 11 is 4.99. The zero-order valence-electron chi connectivity index (χ0n) is 17.1. The van der Waals surface area contributed by atoms with E-state index < -0.39 is 0 Å². The van der Waals surface area contributed by atoms with E-state index in [1.165, 1.54) is 22.9 Å². The number of aliphatic imine (C=N–C) groups is 1. The Kier molecular flexibility index (Phi) is 7.87. The van der Waals surface area contributed by atoms with Crippen LogP contribution in [0.2, 0.25) is 0 Å². The molecule has 0 spiro atoms. The van der Waals surface area contributed by atoms with Crippen molar-refractivity contribution in [1.29, 1.82) is 0 Å². The third kappa shape index (κ3) is 6.26. The second-order valence-corrected chi connectivity index (χ2v) is 9.53. The van der Waals surface area contributed by atoms with Crippen molar-refractivity contribution in [3.63, 3.8) is 0 Å². The third-order valence-electron chi connectivity index (χ3n) is 4.36. The highest BCUT2D eigenvalue weighted by Crippen LogP contribution is 2.29. The summed E-state index contributed by atoms with van der Waals surface area (Å²) in [5.41, 5.74) is 3.50. The third-order valence-corrected chi connectivity index (χ3v) is 7.23. The lowest BCUT2D eigenvalue weighted by molar-refractivity contribution is 0.836. The van der Waals surface area contributed by atoms with Crippen LogP contribution in [0.4, 0.5) is 5.95 Å². The van der Waals surface area contributed by atoms with E-state index in [0.29, 0.717) is 11.1 Å². The predicted octanol–water partition coefficient (Wildman–Crippen LogP) is 6.84. The summed E-state index contributed by atoms with van der Waals surface area (Å²) in [5, 5.41) is 5.34. The van der Waals surface area contributed by atoms with Crippen molar-refractivity contribution >= 4 is 45.6 Å². The van der Waals surface area contributed by atoms with Gasteiger partial charge in [0.1, 0.15) is 4.38 Å². The summed E-state index contributed by atoms with van der Waals surface area (Å²) in [6, 6.07) is 31.0. The SMILES string of the molecule is CSc1nc(N=C(SCc2ccccc2)SCc2ccccc2)n(-c2ccccc2)n1. The molecule has 0 fully saturated rings. The molecule has 4 aromatic rings. The van der Waals surface area contributed by atoms with E-state index >= 15 is 0 Å². The molecule has 7 heteroatoms. The molecule has 0 aliphatic heterocycles. The maximum absolute atomic E-state index is 4.95. The monoisotopic (exact) mass is 462 g/mol. The van der Waals surface area contributed by atoms with E-state index in [0.717, 1.165) is 21.6 Å². The topological polar surface area (TPSA) is 43.1 Å². The lowest BCUT2D eigenvalue weighted by Gasteiger charge is -2.08. The van der Waals surface area contributed by atoms with Gasteiger partial charge in [0, 0.05) is 11.5 Å². The Morgan fingerprint density at radius 2 is 1.29 bits per heavy atom. The van der Waals surface area contributed by atoms with E-state index in [1.807, 2.05) is 53.4 Å². The summed E-state index contributed by atoms with van der Waals surface area (Å²) in [5.74, 6) is 2.32. The van der Waals surface area contributed by atoms with E-state index in [1.54, 1.807) is 23.5 Å². The van der Waals surface area contributed by atoms with E-state index in [9.17, 15) is 0 Å². The number of benzene rings is 3. The fourth-order valence-corrected chi connectivity index (χ4v) is 5.09. The Hall–Kier alpha value is -2.48. The normalized spacial score (nSPS) is 10.7. The fourth-order valence-electron chi connectivity index (χ4n) is 2.81. The van der Waals surface area contributed by atoms with Crippen LogP contribution in [0.1, 0.15) is 11.1 Å². The molecule has 1 heterocycles. The number of hydrogen-bond acceptors (Lipinski definition) is 6. The molecule has 4 nitrogen and oxygen atoms in total. The quantitative estimate of drug-likeness (QED) is 0.171. The molecule has 0 aliphatic carbocycles. The van der Waals surface area contributed by atoms with Crippen molar-refractivity contribution in [2.75, 3.05) is 6.26 Å². The second-order valence-electron chi connectivity index (χ2n) is 6.57.